The second-order valence-electron chi connectivity index (χ2n) is 7.23. The fourth-order valence-electron chi connectivity index (χ4n) is 3.71. The predicted molar refractivity (Wildman–Crippen MR) is 95.7 cm³/mol. The van der Waals surface area contributed by atoms with Gasteiger partial charge in [0.1, 0.15) is 24.7 Å². The van der Waals surface area contributed by atoms with Gasteiger partial charge in [0.05, 0.1) is 38.6 Å². The summed E-state index contributed by atoms with van der Waals surface area (Å²) in [4.78, 5) is 13.7. The van der Waals surface area contributed by atoms with Crippen LogP contribution < -0.4 is 15.5 Å². The van der Waals surface area contributed by atoms with Crippen LogP contribution in [-0.2, 0) is 4.74 Å². The number of amides is 1. The molecule has 0 aliphatic carbocycles. The molecule has 29 heavy (non-hydrogen) atoms. The van der Waals surface area contributed by atoms with Gasteiger partial charge in [0.15, 0.2) is 11.7 Å². The van der Waals surface area contributed by atoms with Gasteiger partial charge in [-0.1, -0.05) is 0 Å². The molecule has 2 aromatic rings. The molecule has 158 valence electrons. The molecule has 4 rings (SSSR count). The van der Waals surface area contributed by atoms with Crippen molar-refractivity contribution in [2.24, 2.45) is 0 Å². The lowest BCUT2D eigenvalue weighted by atomic mass is 10.0. The van der Waals surface area contributed by atoms with Crippen LogP contribution in [0.4, 0.5) is 19.0 Å². The maximum Gasteiger partial charge on any atom is 0.410 e. The van der Waals surface area contributed by atoms with Gasteiger partial charge < -0.3 is 24.7 Å². The van der Waals surface area contributed by atoms with Crippen molar-refractivity contribution in [3.63, 3.8) is 0 Å². The summed E-state index contributed by atoms with van der Waals surface area (Å²) in [7, 11) is 0. The summed E-state index contributed by atoms with van der Waals surface area (Å²) in [6.07, 6.45) is -3.35. The van der Waals surface area contributed by atoms with Crippen LogP contribution in [-0.4, -0.2) is 61.3 Å². The van der Waals surface area contributed by atoms with Gasteiger partial charge in [0.25, 0.3) is 5.91 Å². The Kier molecular flexibility index (Phi) is 5.50. The number of hydrogen-bond acceptors (Lipinski definition) is 5. The maximum absolute atomic E-state index is 13.6. The first-order chi connectivity index (χ1) is 13.9. The van der Waals surface area contributed by atoms with Gasteiger partial charge in [-0.2, -0.15) is 18.3 Å². The van der Waals surface area contributed by atoms with Gasteiger partial charge >= 0.3 is 6.18 Å². The van der Waals surface area contributed by atoms with E-state index in [-0.39, 0.29) is 17.9 Å². The normalized spacial score (nSPS) is 22.7. The Bertz CT molecular complexity index is 830. The minimum absolute atomic E-state index is 0.0428. The van der Waals surface area contributed by atoms with Gasteiger partial charge in [-0.3, -0.25) is 4.79 Å². The van der Waals surface area contributed by atoms with Crippen LogP contribution in [0.2, 0.25) is 0 Å². The molecule has 0 aromatic carbocycles. The zero-order chi connectivity index (χ0) is 20.4. The molecule has 2 atom stereocenters. The SMILES string of the molecule is O=C(NCC[NH+]1CCOCC1)c1cc2n(n1)[C@@H](C(F)(F)F)C[C@H](c1ccco1)N2. The minimum atomic E-state index is -4.50. The van der Waals surface area contributed by atoms with E-state index in [1.165, 1.54) is 17.2 Å². The van der Waals surface area contributed by atoms with Crippen LogP contribution in [0.1, 0.15) is 34.8 Å². The first kappa shape index (κ1) is 19.8. The number of fused-ring (bicyclic) bond motifs is 1. The lowest BCUT2D eigenvalue weighted by molar-refractivity contribution is -0.906. The Morgan fingerprint density at radius 3 is 2.86 bits per heavy atom. The number of carbonyl (C=O) groups is 1. The van der Waals surface area contributed by atoms with Gasteiger partial charge in [-0.15, -0.1) is 0 Å². The lowest BCUT2D eigenvalue weighted by Gasteiger charge is -2.32. The van der Waals surface area contributed by atoms with Gasteiger partial charge in [-0.05, 0) is 12.1 Å². The first-order valence-electron chi connectivity index (χ1n) is 9.57. The number of alkyl halides is 3. The predicted octanol–water partition coefficient (Wildman–Crippen LogP) is 0.781. The van der Waals surface area contributed by atoms with E-state index in [4.69, 9.17) is 9.15 Å². The summed E-state index contributed by atoms with van der Waals surface area (Å²) >= 11 is 0. The van der Waals surface area contributed by atoms with Crippen molar-refractivity contribution < 1.29 is 32.0 Å². The van der Waals surface area contributed by atoms with Crippen LogP contribution in [0, 0.1) is 0 Å². The topological polar surface area (TPSA) is 85.8 Å². The lowest BCUT2D eigenvalue weighted by Crippen LogP contribution is -3.14. The van der Waals surface area contributed by atoms with E-state index in [0.717, 1.165) is 24.3 Å². The molecular formula is C18H23F3N5O3+. The number of rotatable bonds is 5. The zero-order valence-electron chi connectivity index (χ0n) is 15.7. The number of morpholine rings is 1. The largest absolute Gasteiger partial charge is 0.467 e. The Balaban J connectivity index is 1.46. The number of aromatic nitrogens is 2. The fraction of sp³-hybridized carbons (Fsp3) is 0.556. The van der Waals surface area contributed by atoms with Crippen LogP contribution in [0.15, 0.2) is 28.9 Å². The maximum atomic E-state index is 13.6. The summed E-state index contributed by atoms with van der Waals surface area (Å²) in [5.74, 6) is 0.0620. The number of nitrogens with zero attached hydrogens (tertiary/aromatic N) is 2. The molecule has 1 saturated heterocycles. The minimum Gasteiger partial charge on any atom is -0.467 e. The standard InChI is InChI=1S/C18H22F3N5O3/c19-18(20,21)15-10-12(14-2-1-7-29-14)23-16-11-13(24-26(15)16)17(27)22-3-4-25-5-8-28-9-6-25/h1-2,7,11-12,15,23H,3-6,8-10H2,(H,22,27)/p+1/t12-,15-/m1/s1. The second kappa shape index (κ2) is 8.07. The third-order valence-electron chi connectivity index (χ3n) is 5.27. The van der Waals surface area contributed by atoms with E-state index in [1.807, 2.05) is 0 Å². The molecular weight excluding hydrogens is 391 g/mol. The van der Waals surface area contributed by atoms with E-state index >= 15 is 0 Å². The van der Waals surface area contributed by atoms with E-state index in [0.29, 0.717) is 25.5 Å². The van der Waals surface area contributed by atoms with E-state index in [9.17, 15) is 18.0 Å². The summed E-state index contributed by atoms with van der Waals surface area (Å²) in [5, 5.41) is 9.68. The number of anilines is 1. The molecule has 0 unspecified atom stereocenters. The quantitative estimate of drug-likeness (QED) is 0.674. The van der Waals surface area contributed by atoms with Gasteiger partial charge in [0, 0.05) is 12.5 Å². The highest BCUT2D eigenvalue weighted by molar-refractivity contribution is 5.93. The average Bonchev–Trinajstić information content (AvgIpc) is 3.37. The van der Waals surface area contributed by atoms with Crippen molar-refractivity contribution >= 4 is 11.7 Å². The molecule has 8 nitrogen and oxygen atoms in total. The summed E-state index contributed by atoms with van der Waals surface area (Å²) in [6.45, 7) is 4.28. The van der Waals surface area contributed by atoms with E-state index in [2.05, 4.69) is 15.7 Å². The Morgan fingerprint density at radius 1 is 1.38 bits per heavy atom. The number of furan rings is 1. The average molecular weight is 414 g/mol. The molecule has 0 radical (unpaired) electrons. The number of ether oxygens (including phenoxy) is 1. The smallest absolute Gasteiger partial charge is 0.410 e. The monoisotopic (exact) mass is 414 g/mol. The molecule has 2 aromatic heterocycles. The second-order valence-corrected chi connectivity index (χ2v) is 7.23. The molecule has 0 saturated carbocycles. The highest BCUT2D eigenvalue weighted by Gasteiger charge is 2.47. The number of carbonyl (C=O) groups excluding carboxylic acids is 1. The Labute approximate surface area is 165 Å². The third kappa shape index (κ3) is 4.40. The zero-order valence-corrected chi connectivity index (χ0v) is 15.7. The first-order valence-corrected chi connectivity index (χ1v) is 9.57. The molecule has 1 amide bonds. The number of nitrogens with one attached hydrogen (secondary N) is 3. The third-order valence-corrected chi connectivity index (χ3v) is 5.27. The van der Waals surface area contributed by atoms with E-state index < -0.39 is 24.2 Å². The molecule has 11 heteroatoms. The van der Waals surface area contributed by atoms with Crippen LogP contribution in [0.5, 0.6) is 0 Å². The molecule has 4 heterocycles. The van der Waals surface area contributed by atoms with Crippen LogP contribution in [0.3, 0.4) is 0 Å². The molecule has 2 aliphatic heterocycles. The van der Waals surface area contributed by atoms with Gasteiger partial charge in [-0.25, -0.2) is 4.68 Å². The van der Waals surface area contributed by atoms with Crippen molar-refractivity contribution in [3.8, 4) is 0 Å². The van der Waals surface area contributed by atoms with Crippen LogP contribution in [0.25, 0.3) is 0 Å². The van der Waals surface area contributed by atoms with Crippen molar-refractivity contribution in [1.29, 1.82) is 0 Å². The summed E-state index contributed by atoms with van der Waals surface area (Å²) in [6, 6.07) is 2.11. The molecule has 3 N–H and O–H groups in total. The van der Waals surface area contributed by atoms with Gasteiger partial charge in [0.2, 0.25) is 0 Å². The molecule has 0 bridgehead atoms. The number of halogens is 3. The van der Waals surface area contributed by atoms with Crippen molar-refractivity contribution in [2.45, 2.75) is 24.7 Å². The number of quaternary nitrogens is 1. The molecule has 0 spiro atoms. The molecule has 1 fully saturated rings. The summed E-state index contributed by atoms with van der Waals surface area (Å²) < 4.78 is 52.3. The summed E-state index contributed by atoms with van der Waals surface area (Å²) in [5.41, 5.74) is -0.0428. The van der Waals surface area contributed by atoms with Crippen molar-refractivity contribution in [2.75, 3.05) is 44.7 Å². The Hall–Kier alpha value is -2.53. The van der Waals surface area contributed by atoms with Crippen molar-refractivity contribution in [3.05, 3.63) is 35.9 Å². The molecule has 2 aliphatic rings. The Morgan fingerprint density at radius 2 is 2.17 bits per heavy atom. The highest BCUT2D eigenvalue weighted by atomic mass is 19.4. The van der Waals surface area contributed by atoms with Crippen molar-refractivity contribution in [1.82, 2.24) is 15.1 Å². The number of hydrogen-bond donors (Lipinski definition) is 3. The van der Waals surface area contributed by atoms with E-state index in [1.54, 1.807) is 12.1 Å². The fourth-order valence-corrected chi connectivity index (χ4v) is 3.71. The van der Waals surface area contributed by atoms with Crippen LogP contribution >= 0.6 is 0 Å². The highest BCUT2D eigenvalue weighted by Crippen LogP contribution is 2.43.